The van der Waals surface area contributed by atoms with Gasteiger partial charge in [0.1, 0.15) is 0 Å². The number of ether oxygens (including phenoxy) is 2. The van der Waals surface area contributed by atoms with Gasteiger partial charge >= 0.3 is 21.7 Å². The lowest BCUT2D eigenvalue weighted by atomic mass is 9.91. The number of hydrogen-bond acceptors (Lipinski definition) is 11. The molecule has 0 aromatic heterocycles. The van der Waals surface area contributed by atoms with Crippen LogP contribution >= 0.6 is 15.6 Å². The molecule has 4 amide bonds. The summed E-state index contributed by atoms with van der Waals surface area (Å²) in [6.07, 6.45) is 72.1. The maximum atomic E-state index is 13.3. The van der Waals surface area contributed by atoms with E-state index in [1.165, 1.54) is 321 Å². The molecule has 0 bridgehead atoms. The summed E-state index contributed by atoms with van der Waals surface area (Å²) < 4.78 is 60.2. The van der Waals surface area contributed by atoms with Gasteiger partial charge in [-0.15, -0.1) is 0 Å². The first-order chi connectivity index (χ1) is 49.7. The third-order valence-electron chi connectivity index (χ3n) is 20.2. The van der Waals surface area contributed by atoms with Crippen LogP contribution in [-0.4, -0.2) is 106 Å². The van der Waals surface area contributed by atoms with Crippen LogP contribution in [0, 0.1) is 11.8 Å². The highest BCUT2D eigenvalue weighted by Gasteiger charge is 2.27. The molecule has 0 radical (unpaired) electrons. The second kappa shape index (κ2) is 77.5. The molecule has 0 aliphatic carbocycles. The zero-order valence-corrected chi connectivity index (χ0v) is 69.4. The number of phosphoric ester groups is 2. The Hall–Kier alpha value is -1.65. The van der Waals surface area contributed by atoms with Crippen LogP contribution in [0.4, 0.5) is 4.79 Å². The van der Waals surface area contributed by atoms with Crippen molar-refractivity contribution in [3.63, 3.8) is 0 Å². The standard InChI is InChI=1S/C83H168N4O13P2/c1-7-13-19-25-29-33-37-41-45-51-57-63-81(88)86-79(73-95-69-65-77(59-53-47-23-17-11-5)61-55-49-43-39-35-31-27-21-15-9-3)75-99-101(91,92)97-71-67-84-83(90)85-68-72-98-102(93,94)100-76-80(87-82(89)64-58-52-46-42-38-34-30-26-20-14-8-2)74-96-70-66-78(60-54-48-24-18-12-6)62-56-50-44-40-36-32-28-22-16-10-4/h77-80H,7-76H2,1-6H3,(H,86,88)(H,87,89)(H,91,92)(H,93,94)(H2,84,85,90)/t77-,78-,79+,80+/m0/s1. The molecule has 17 nitrogen and oxygen atoms in total. The molecule has 0 aliphatic rings. The first kappa shape index (κ1) is 100. The zero-order valence-electron chi connectivity index (χ0n) is 67.6. The van der Waals surface area contributed by atoms with Crippen molar-refractivity contribution in [2.24, 2.45) is 11.8 Å². The number of carbonyl (C=O) groups excluding carboxylic acids is 3. The molecule has 608 valence electrons. The predicted octanol–water partition coefficient (Wildman–Crippen LogP) is 24.3. The molecule has 6 N–H and O–H groups in total. The van der Waals surface area contributed by atoms with Gasteiger partial charge in [0, 0.05) is 39.1 Å². The fraction of sp³-hybridized carbons (Fsp3) is 0.964. The van der Waals surface area contributed by atoms with Crippen molar-refractivity contribution in [2.45, 2.75) is 439 Å². The van der Waals surface area contributed by atoms with Crippen LogP contribution in [0.5, 0.6) is 0 Å². The minimum Gasteiger partial charge on any atom is -0.379 e. The van der Waals surface area contributed by atoms with Gasteiger partial charge in [-0.3, -0.25) is 27.7 Å². The molecule has 0 saturated heterocycles. The fourth-order valence-electron chi connectivity index (χ4n) is 13.6. The summed E-state index contributed by atoms with van der Waals surface area (Å²) >= 11 is 0. The van der Waals surface area contributed by atoms with Crippen LogP contribution in [0.1, 0.15) is 427 Å². The summed E-state index contributed by atoms with van der Waals surface area (Å²) in [5.41, 5.74) is 0. The van der Waals surface area contributed by atoms with Crippen molar-refractivity contribution in [3.8, 4) is 0 Å². The summed E-state index contributed by atoms with van der Waals surface area (Å²) in [4.78, 5) is 60.8. The van der Waals surface area contributed by atoms with Crippen molar-refractivity contribution in [1.82, 2.24) is 21.3 Å². The molecule has 0 aliphatic heterocycles. The Morgan fingerprint density at radius 2 is 0.510 bits per heavy atom. The van der Waals surface area contributed by atoms with Crippen molar-refractivity contribution in [2.75, 3.05) is 65.9 Å². The van der Waals surface area contributed by atoms with Gasteiger partial charge in [-0.1, -0.05) is 388 Å². The minimum absolute atomic E-state index is 0.126. The second-order valence-electron chi connectivity index (χ2n) is 30.3. The number of urea groups is 1. The van der Waals surface area contributed by atoms with Gasteiger partial charge in [-0.2, -0.15) is 0 Å². The zero-order chi connectivity index (χ0) is 74.6. The lowest BCUT2D eigenvalue weighted by molar-refractivity contribution is -0.123. The van der Waals surface area contributed by atoms with E-state index in [1.54, 1.807) is 0 Å². The number of hydrogen-bond donors (Lipinski definition) is 6. The Morgan fingerprint density at radius 3 is 0.755 bits per heavy atom. The third-order valence-corrected chi connectivity index (χ3v) is 22.2. The molecule has 6 atom stereocenters. The van der Waals surface area contributed by atoms with E-state index in [9.17, 15) is 33.3 Å². The Balaban J connectivity index is 5.45. The molecule has 2 unspecified atom stereocenters. The van der Waals surface area contributed by atoms with Gasteiger partial charge in [-0.25, -0.2) is 13.9 Å². The molecule has 0 fully saturated rings. The van der Waals surface area contributed by atoms with Crippen molar-refractivity contribution in [1.29, 1.82) is 0 Å². The number of phosphoric acid groups is 2. The maximum absolute atomic E-state index is 13.3. The summed E-state index contributed by atoms with van der Waals surface area (Å²) in [6.45, 7) is 13.2. The number of amides is 4. The Kier molecular flexibility index (Phi) is 76.3. The van der Waals surface area contributed by atoms with Crippen LogP contribution in [0.2, 0.25) is 0 Å². The molecular formula is C83H168N4O13P2. The van der Waals surface area contributed by atoms with Gasteiger partial charge in [0.15, 0.2) is 0 Å². The van der Waals surface area contributed by atoms with E-state index in [4.69, 9.17) is 27.6 Å². The largest absolute Gasteiger partial charge is 0.472 e. The smallest absolute Gasteiger partial charge is 0.379 e. The van der Waals surface area contributed by atoms with Crippen molar-refractivity contribution >= 4 is 33.5 Å². The maximum Gasteiger partial charge on any atom is 0.472 e. The van der Waals surface area contributed by atoms with Crippen LogP contribution in [0.3, 0.4) is 0 Å². The van der Waals surface area contributed by atoms with Crippen LogP contribution in [0.25, 0.3) is 0 Å². The van der Waals surface area contributed by atoms with E-state index in [2.05, 4.69) is 62.8 Å². The highest BCUT2D eigenvalue weighted by molar-refractivity contribution is 7.47. The molecule has 0 spiro atoms. The molecule has 0 aromatic carbocycles. The Bertz CT molecular complexity index is 1770. The van der Waals surface area contributed by atoms with Gasteiger partial charge in [0.05, 0.1) is 51.7 Å². The molecular weight excluding hydrogens is 1320 g/mol. The average molecular weight is 1490 g/mol. The number of unbranched alkanes of at least 4 members (excludes halogenated alkanes) is 46. The first-order valence-electron chi connectivity index (χ1n) is 43.7. The average Bonchev–Trinajstić information content (AvgIpc) is 0.931. The number of rotatable bonds is 84. The minimum atomic E-state index is -4.62. The molecule has 0 aromatic rings. The van der Waals surface area contributed by atoms with E-state index >= 15 is 0 Å². The third kappa shape index (κ3) is 73.8. The normalized spacial score (nSPS) is 14.1. The predicted molar refractivity (Wildman–Crippen MR) is 428 cm³/mol. The summed E-state index contributed by atoms with van der Waals surface area (Å²) in [5.74, 6) is 0.836. The van der Waals surface area contributed by atoms with Crippen molar-refractivity contribution in [3.05, 3.63) is 0 Å². The summed E-state index contributed by atoms with van der Waals surface area (Å²) in [5, 5.41) is 11.1. The van der Waals surface area contributed by atoms with E-state index in [1.807, 2.05) is 0 Å². The van der Waals surface area contributed by atoms with Gasteiger partial charge in [0.2, 0.25) is 11.8 Å². The summed E-state index contributed by atoms with van der Waals surface area (Å²) in [6, 6.07) is -2.01. The van der Waals surface area contributed by atoms with Crippen LogP contribution in [-0.2, 0) is 46.3 Å². The highest BCUT2D eigenvalue weighted by atomic mass is 31.2. The second-order valence-corrected chi connectivity index (χ2v) is 33.2. The van der Waals surface area contributed by atoms with E-state index in [0.717, 1.165) is 51.4 Å². The molecule has 19 heteroatoms. The summed E-state index contributed by atoms with van der Waals surface area (Å²) in [7, 11) is -9.24. The van der Waals surface area contributed by atoms with Crippen molar-refractivity contribution < 1.29 is 60.9 Å². The van der Waals surface area contributed by atoms with Gasteiger partial charge in [-0.05, 0) is 37.5 Å². The molecule has 0 saturated carbocycles. The van der Waals surface area contributed by atoms with E-state index < -0.39 is 33.8 Å². The number of carbonyl (C=O) groups is 3. The molecule has 0 heterocycles. The lowest BCUT2D eigenvalue weighted by Gasteiger charge is -2.22. The topological polar surface area (TPSA) is 229 Å². The van der Waals surface area contributed by atoms with Gasteiger partial charge in [0.25, 0.3) is 0 Å². The van der Waals surface area contributed by atoms with E-state index in [0.29, 0.717) is 37.9 Å². The first-order valence-corrected chi connectivity index (χ1v) is 46.7. The monoisotopic (exact) mass is 1490 g/mol. The highest BCUT2D eigenvalue weighted by Crippen LogP contribution is 2.44. The van der Waals surface area contributed by atoms with Gasteiger partial charge < -0.3 is 40.5 Å². The Morgan fingerprint density at radius 1 is 0.284 bits per heavy atom. The lowest BCUT2D eigenvalue weighted by Crippen LogP contribution is -2.41. The van der Waals surface area contributed by atoms with Crippen LogP contribution < -0.4 is 21.3 Å². The Labute approximate surface area is 629 Å². The fourth-order valence-corrected chi connectivity index (χ4v) is 15.2. The van der Waals surface area contributed by atoms with Crippen LogP contribution in [0.15, 0.2) is 0 Å². The number of nitrogens with one attached hydrogen (secondary N) is 4. The SMILES string of the molecule is CCCCCCCCCCCCCC(=O)N[C@H](COCC[C@@H](CCCCCCC)CCCCCCCCCCCC)COP(=O)(O)OCCNC(=O)NCCOP(=O)(O)OC[C@@H](COCC[C@@H](CCCCCCC)CCCCCCCCCCCC)NC(=O)CCCCCCCCCCCCC. The quantitative estimate of drug-likeness (QED) is 0.0246. The molecule has 102 heavy (non-hydrogen) atoms. The molecule has 0 rings (SSSR count). The van der Waals surface area contributed by atoms with E-state index in [-0.39, 0.29) is 64.5 Å².